The highest BCUT2D eigenvalue weighted by Crippen LogP contribution is 2.22. The lowest BCUT2D eigenvalue weighted by Crippen LogP contribution is -2.43. The lowest BCUT2D eigenvalue weighted by atomic mass is 9.97. The fourth-order valence-electron chi connectivity index (χ4n) is 2.56. The lowest BCUT2D eigenvalue weighted by Gasteiger charge is -2.24. The summed E-state index contributed by atoms with van der Waals surface area (Å²) >= 11 is 0. The summed E-state index contributed by atoms with van der Waals surface area (Å²) in [5, 5.41) is 1.02. The number of carbonyl (C=O) groups excluding carboxylic acids is 2. The molecule has 0 aromatic heterocycles. The summed E-state index contributed by atoms with van der Waals surface area (Å²) < 4.78 is 10.3. The van der Waals surface area contributed by atoms with Crippen LogP contribution in [0.25, 0.3) is 0 Å². The molecule has 0 saturated heterocycles. The molecule has 1 aromatic rings. The molecular formula is C17H26O4Si. The van der Waals surface area contributed by atoms with Gasteiger partial charge >= 0.3 is 11.9 Å². The van der Waals surface area contributed by atoms with E-state index in [1.807, 2.05) is 13.0 Å². The third-order valence-corrected chi connectivity index (χ3v) is 5.55. The van der Waals surface area contributed by atoms with Gasteiger partial charge in [0, 0.05) is 0 Å². The van der Waals surface area contributed by atoms with E-state index in [-0.39, 0.29) is 11.9 Å². The van der Waals surface area contributed by atoms with Crippen LogP contribution >= 0.6 is 0 Å². The average Bonchev–Trinajstić information content (AvgIpc) is 2.37. The summed E-state index contributed by atoms with van der Waals surface area (Å²) in [4.78, 5) is 24.6. The van der Waals surface area contributed by atoms with E-state index in [0.29, 0.717) is 29.9 Å². The van der Waals surface area contributed by atoms with Gasteiger partial charge in [0.25, 0.3) is 0 Å². The average molecular weight is 322 g/mol. The van der Waals surface area contributed by atoms with Crippen molar-refractivity contribution in [3.63, 3.8) is 0 Å². The Kier molecular flexibility index (Phi) is 5.94. The third kappa shape index (κ3) is 3.77. The molecule has 0 radical (unpaired) electrons. The van der Waals surface area contributed by atoms with E-state index in [1.165, 1.54) is 0 Å². The minimum absolute atomic E-state index is 0.308. The van der Waals surface area contributed by atoms with Gasteiger partial charge in [-0.25, -0.2) is 9.59 Å². The SMILES string of the molecule is CCOC(=O)c1c(C)cc([Si](C)(C)C)c(C(=O)OCC)c1C. The van der Waals surface area contributed by atoms with Gasteiger partial charge in [-0.05, 0) is 44.0 Å². The highest BCUT2D eigenvalue weighted by molar-refractivity contribution is 6.89. The van der Waals surface area contributed by atoms with E-state index in [4.69, 9.17) is 9.47 Å². The molecule has 4 nitrogen and oxygen atoms in total. The molecule has 0 aliphatic heterocycles. The predicted molar refractivity (Wildman–Crippen MR) is 90.8 cm³/mol. The Bertz CT molecular complexity index is 585. The van der Waals surface area contributed by atoms with Gasteiger partial charge in [-0.2, -0.15) is 0 Å². The van der Waals surface area contributed by atoms with Crippen molar-refractivity contribution < 1.29 is 19.1 Å². The largest absolute Gasteiger partial charge is 0.462 e. The molecule has 0 saturated carbocycles. The molecular weight excluding hydrogens is 296 g/mol. The monoisotopic (exact) mass is 322 g/mol. The fourth-order valence-corrected chi connectivity index (χ4v) is 4.25. The Labute approximate surface area is 133 Å². The fraction of sp³-hybridized carbons (Fsp3) is 0.529. The van der Waals surface area contributed by atoms with Crippen LogP contribution in [0.5, 0.6) is 0 Å². The molecule has 0 aliphatic rings. The summed E-state index contributed by atoms with van der Waals surface area (Å²) in [6.45, 7) is 14.4. The molecule has 0 bridgehead atoms. The minimum atomic E-state index is -1.76. The topological polar surface area (TPSA) is 52.6 Å². The molecule has 0 aliphatic carbocycles. The van der Waals surface area contributed by atoms with E-state index in [1.54, 1.807) is 20.8 Å². The Hall–Kier alpha value is -1.62. The maximum atomic E-state index is 12.4. The summed E-state index contributed by atoms with van der Waals surface area (Å²) in [7, 11) is -1.76. The summed E-state index contributed by atoms with van der Waals surface area (Å²) in [6, 6.07) is 1.96. The van der Waals surface area contributed by atoms with Crippen LogP contribution in [-0.2, 0) is 9.47 Å². The second-order valence-electron chi connectivity index (χ2n) is 6.31. The first-order valence-corrected chi connectivity index (χ1v) is 11.1. The zero-order valence-electron chi connectivity index (χ0n) is 14.6. The number of hydrogen-bond donors (Lipinski definition) is 0. The van der Waals surface area contributed by atoms with Crippen molar-refractivity contribution in [3.8, 4) is 0 Å². The number of ether oxygens (including phenoxy) is 2. The van der Waals surface area contributed by atoms with E-state index >= 15 is 0 Å². The van der Waals surface area contributed by atoms with E-state index in [9.17, 15) is 9.59 Å². The van der Waals surface area contributed by atoms with Gasteiger partial charge in [0.15, 0.2) is 0 Å². The molecule has 1 rings (SSSR count). The summed E-state index contributed by atoms with van der Waals surface area (Å²) in [6.07, 6.45) is 0. The number of esters is 2. The van der Waals surface area contributed by atoms with Crippen molar-refractivity contribution in [3.05, 3.63) is 28.3 Å². The molecule has 0 unspecified atom stereocenters. The first-order chi connectivity index (χ1) is 10.1. The van der Waals surface area contributed by atoms with Crippen molar-refractivity contribution in [2.24, 2.45) is 0 Å². The minimum Gasteiger partial charge on any atom is -0.462 e. The smallest absolute Gasteiger partial charge is 0.338 e. The molecule has 0 amide bonds. The second-order valence-corrected chi connectivity index (χ2v) is 11.3. The first-order valence-electron chi connectivity index (χ1n) is 7.64. The zero-order chi connectivity index (χ0) is 17.1. The number of aryl methyl sites for hydroxylation is 1. The molecule has 122 valence electrons. The predicted octanol–water partition coefficient (Wildman–Crippen LogP) is 3.20. The Morgan fingerprint density at radius 3 is 1.82 bits per heavy atom. The Morgan fingerprint density at radius 2 is 1.41 bits per heavy atom. The molecule has 0 N–H and O–H groups in total. The number of hydrogen-bond acceptors (Lipinski definition) is 4. The van der Waals surface area contributed by atoms with Crippen molar-refractivity contribution in [2.45, 2.75) is 47.3 Å². The maximum Gasteiger partial charge on any atom is 0.338 e. The second kappa shape index (κ2) is 7.09. The lowest BCUT2D eigenvalue weighted by molar-refractivity contribution is 0.0524. The van der Waals surface area contributed by atoms with Crippen LogP contribution in [0.4, 0.5) is 0 Å². The van der Waals surface area contributed by atoms with Gasteiger partial charge < -0.3 is 9.47 Å². The van der Waals surface area contributed by atoms with Crippen LogP contribution in [0.1, 0.15) is 45.7 Å². The number of carbonyl (C=O) groups is 2. The molecule has 0 fully saturated rings. The molecule has 1 aromatic carbocycles. The third-order valence-electron chi connectivity index (χ3n) is 3.54. The van der Waals surface area contributed by atoms with Gasteiger partial charge in [-0.3, -0.25) is 0 Å². The van der Waals surface area contributed by atoms with Crippen LogP contribution in [0, 0.1) is 13.8 Å². The molecule has 0 atom stereocenters. The quantitative estimate of drug-likeness (QED) is 0.617. The standard InChI is InChI=1S/C17H26O4Si/c1-8-20-16(18)14-11(3)10-13(22(5,6)7)15(12(14)4)17(19)21-9-2/h10H,8-9H2,1-7H3. The highest BCUT2D eigenvalue weighted by atomic mass is 28.3. The first kappa shape index (κ1) is 18.4. The number of benzene rings is 1. The molecule has 0 spiro atoms. The van der Waals surface area contributed by atoms with E-state index in [0.717, 1.165) is 10.8 Å². The van der Waals surface area contributed by atoms with Crippen molar-refractivity contribution in [1.29, 1.82) is 0 Å². The van der Waals surface area contributed by atoms with Gasteiger partial charge in [0.1, 0.15) is 0 Å². The molecule has 0 heterocycles. The van der Waals surface area contributed by atoms with E-state index < -0.39 is 8.07 Å². The van der Waals surface area contributed by atoms with Crippen molar-refractivity contribution in [1.82, 2.24) is 0 Å². The van der Waals surface area contributed by atoms with Gasteiger partial charge in [0.2, 0.25) is 0 Å². The van der Waals surface area contributed by atoms with Crippen molar-refractivity contribution in [2.75, 3.05) is 13.2 Å². The Balaban J connectivity index is 3.64. The van der Waals surface area contributed by atoms with Crippen LogP contribution < -0.4 is 5.19 Å². The van der Waals surface area contributed by atoms with Crippen molar-refractivity contribution >= 4 is 25.2 Å². The van der Waals surface area contributed by atoms with Crippen LogP contribution in [-0.4, -0.2) is 33.2 Å². The van der Waals surface area contributed by atoms with Gasteiger partial charge in [-0.15, -0.1) is 0 Å². The van der Waals surface area contributed by atoms with Gasteiger partial charge in [0.05, 0.1) is 32.4 Å². The molecule has 22 heavy (non-hydrogen) atoms. The van der Waals surface area contributed by atoms with Crippen LogP contribution in [0.3, 0.4) is 0 Å². The van der Waals surface area contributed by atoms with Gasteiger partial charge in [-0.1, -0.05) is 25.7 Å². The van der Waals surface area contributed by atoms with Crippen LogP contribution in [0.15, 0.2) is 6.07 Å². The Morgan fingerprint density at radius 1 is 0.955 bits per heavy atom. The van der Waals surface area contributed by atoms with Crippen LogP contribution in [0.2, 0.25) is 19.6 Å². The zero-order valence-corrected chi connectivity index (χ0v) is 15.6. The normalized spacial score (nSPS) is 11.2. The summed E-state index contributed by atoms with van der Waals surface area (Å²) in [5.74, 6) is -0.742. The summed E-state index contributed by atoms with van der Waals surface area (Å²) in [5.41, 5.74) is 2.53. The molecule has 5 heteroatoms. The number of rotatable bonds is 5. The maximum absolute atomic E-state index is 12.4. The highest BCUT2D eigenvalue weighted by Gasteiger charge is 2.30. The van der Waals surface area contributed by atoms with E-state index in [2.05, 4.69) is 19.6 Å².